The molecule has 0 saturated heterocycles. The number of fused-ring (bicyclic) bond motifs is 1. The molecule has 2 aromatic rings. The van der Waals surface area contributed by atoms with Gasteiger partial charge in [0.1, 0.15) is 5.39 Å². The Bertz CT molecular complexity index is 778. The highest BCUT2D eigenvalue weighted by molar-refractivity contribution is 6.00. The zero-order valence-electron chi connectivity index (χ0n) is 9.73. The molecule has 0 spiro atoms. The van der Waals surface area contributed by atoms with Crippen molar-refractivity contribution < 1.29 is 9.85 Å². The molecular formula is C12H4N4O4. The van der Waals surface area contributed by atoms with Crippen molar-refractivity contribution in [3.05, 3.63) is 55.6 Å². The van der Waals surface area contributed by atoms with Gasteiger partial charge in [-0.05, 0) is 17.5 Å². The van der Waals surface area contributed by atoms with Gasteiger partial charge in [-0.25, -0.2) is 0 Å². The Balaban J connectivity index is 3.05. The molecule has 0 aliphatic heterocycles. The van der Waals surface area contributed by atoms with Crippen molar-refractivity contribution >= 4 is 22.1 Å². The van der Waals surface area contributed by atoms with Crippen molar-refractivity contribution in [1.82, 2.24) is 0 Å². The highest BCUT2D eigenvalue weighted by atomic mass is 16.6. The summed E-state index contributed by atoms with van der Waals surface area (Å²) in [6, 6.07) is 7.98. The first kappa shape index (κ1) is 12.9. The first-order valence-corrected chi connectivity index (χ1v) is 5.18. The second-order valence-corrected chi connectivity index (χ2v) is 3.83. The number of nitriles is 2. The van der Waals surface area contributed by atoms with Crippen LogP contribution in [0.4, 0.5) is 11.4 Å². The number of benzene rings is 2. The molecule has 2 rings (SSSR count). The van der Waals surface area contributed by atoms with Crippen molar-refractivity contribution in [3.63, 3.8) is 0 Å². The van der Waals surface area contributed by atoms with Crippen LogP contribution in [0.15, 0.2) is 24.3 Å². The molecule has 0 atom stereocenters. The molecule has 8 heteroatoms. The summed E-state index contributed by atoms with van der Waals surface area (Å²) in [5, 5.41) is 39.6. The fourth-order valence-corrected chi connectivity index (χ4v) is 1.89. The van der Waals surface area contributed by atoms with Crippen LogP contribution < -0.4 is 0 Å². The molecule has 0 bridgehead atoms. The minimum Gasteiger partial charge on any atom is -0.258 e. The van der Waals surface area contributed by atoms with Crippen LogP contribution >= 0.6 is 0 Å². The number of nitro benzene ring substituents is 2. The maximum absolute atomic E-state index is 11.0. The van der Waals surface area contributed by atoms with Crippen LogP contribution in [0.2, 0.25) is 0 Å². The predicted octanol–water partition coefficient (Wildman–Crippen LogP) is 2.40. The Kier molecular flexibility index (Phi) is 2.99. The third kappa shape index (κ3) is 1.98. The monoisotopic (exact) mass is 268 g/mol. The second kappa shape index (κ2) is 4.63. The highest BCUT2D eigenvalue weighted by Crippen LogP contribution is 2.35. The highest BCUT2D eigenvalue weighted by Gasteiger charge is 2.24. The molecule has 0 fully saturated rings. The molecule has 0 radical (unpaired) electrons. The van der Waals surface area contributed by atoms with E-state index in [2.05, 4.69) is 0 Å². The quantitative estimate of drug-likeness (QED) is 0.606. The van der Waals surface area contributed by atoms with Crippen LogP contribution in [0.1, 0.15) is 11.1 Å². The van der Waals surface area contributed by atoms with Gasteiger partial charge in [-0.1, -0.05) is 0 Å². The lowest BCUT2D eigenvalue weighted by Crippen LogP contribution is -1.97. The SMILES string of the molecule is N#Cc1cc([N+](=O)[O-])c2c([N+](=O)[O-])cc(C#N)cc2c1. The number of nitro groups is 2. The van der Waals surface area contributed by atoms with Crippen molar-refractivity contribution in [1.29, 1.82) is 10.5 Å². The minimum atomic E-state index is -0.789. The molecule has 0 N–H and O–H groups in total. The van der Waals surface area contributed by atoms with E-state index in [0.29, 0.717) is 0 Å². The summed E-state index contributed by atoms with van der Waals surface area (Å²) < 4.78 is 0. The van der Waals surface area contributed by atoms with Gasteiger partial charge in [-0.2, -0.15) is 10.5 Å². The maximum Gasteiger partial charge on any atom is 0.285 e. The maximum atomic E-state index is 11.0. The summed E-state index contributed by atoms with van der Waals surface area (Å²) in [6.07, 6.45) is 0. The van der Waals surface area contributed by atoms with E-state index in [4.69, 9.17) is 10.5 Å². The Hall–Kier alpha value is -3.52. The van der Waals surface area contributed by atoms with Crippen molar-refractivity contribution in [2.45, 2.75) is 0 Å². The van der Waals surface area contributed by atoms with E-state index in [0.717, 1.165) is 12.1 Å². The van der Waals surface area contributed by atoms with Crippen LogP contribution in [0.25, 0.3) is 10.8 Å². The predicted molar refractivity (Wildman–Crippen MR) is 66.7 cm³/mol. The molecular weight excluding hydrogens is 264 g/mol. The third-order valence-corrected chi connectivity index (χ3v) is 2.66. The topological polar surface area (TPSA) is 134 Å². The number of nitrogens with zero attached hydrogens (tertiary/aromatic N) is 4. The number of hydrogen-bond acceptors (Lipinski definition) is 6. The van der Waals surface area contributed by atoms with Gasteiger partial charge in [-0.3, -0.25) is 20.2 Å². The lowest BCUT2D eigenvalue weighted by molar-refractivity contribution is -0.390. The Labute approximate surface area is 111 Å². The van der Waals surface area contributed by atoms with Crippen molar-refractivity contribution in [2.75, 3.05) is 0 Å². The largest absolute Gasteiger partial charge is 0.285 e. The summed E-state index contributed by atoms with van der Waals surface area (Å²) in [4.78, 5) is 20.5. The summed E-state index contributed by atoms with van der Waals surface area (Å²) in [6.45, 7) is 0. The first-order valence-electron chi connectivity index (χ1n) is 5.18. The molecule has 96 valence electrons. The number of rotatable bonds is 2. The van der Waals surface area contributed by atoms with Crippen molar-refractivity contribution in [3.8, 4) is 12.1 Å². The van der Waals surface area contributed by atoms with Gasteiger partial charge >= 0.3 is 0 Å². The Morgan fingerprint density at radius 1 is 0.850 bits per heavy atom. The third-order valence-electron chi connectivity index (χ3n) is 2.66. The lowest BCUT2D eigenvalue weighted by atomic mass is 10.0. The molecule has 0 amide bonds. The average Bonchev–Trinajstić information content (AvgIpc) is 2.44. The van der Waals surface area contributed by atoms with E-state index in [1.54, 1.807) is 12.1 Å². The molecule has 0 unspecified atom stereocenters. The minimum absolute atomic E-state index is 0.00594. The second-order valence-electron chi connectivity index (χ2n) is 3.83. The number of hydrogen-bond donors (Lipinski definition) is 0. The normalized spacial score (nSPS) is 9.70. The van der Waals surface area contributed by atoms with E-state index in [1.165, 1.54) is 12.1 Å². The van der Waals surface area contributed by atoms with Gasteiger partial charge in [0.2, 0.25) is 0 Å². The smallest absolute Gasteiger partial charge is 0.258 e. The lowest BCUT2D eigenvalue weighted by Gasteiger charge is -2.03. The fraction of sp³-hybridized carbons (Fsp3) is 0. The van der Waals surface area contributed by atoms with Gasteiger partial charge in [0.05, 0.1) is 33.1 Å². The van der Waals surface area contributed by atoms with Gasteiger partial charge in [-0.15, -0.1) is 0 Å². The summed E-state index contributed by atoms with van der Waals surface area (Å²) in [5.74, 6) is 0. The van der Waals surface area contributed by atoms with Gasteiger partial charge in [0, 0.05) is 12.1 Å². The van der Waals surface area contributed by atoms with E-state index < -0.39 is 21.2 Å². The summed E-state index contributed by atoms with van der Waals surface area (Å²) >= 11 is 0. The molecule has 2 aromatic carbocycles. The van der Waals surface area contributed by atoms with Gasteiger partial charge < -0.3 is 0 Å². The zero-order chi connectivity index (χ0) is 14.9. The molecule has 8 nitrogen and oxygen atoms in total. The molecule has 0 aromatic heterocycles. The zero-order valence-corrected chi connectivity index (χ0v) is 9.73. The molecule has 20 heavy (non-hydrogen) atoms. The van der Waals surface area contributed by atoms with Crippen LogP contribution in [0, 0.1) is 42.9 Å². The van der Waals surface area contributed by atoms with Gasteiger partial charge in [0.15, 0.2) is 0 Å². The van der Waals surface area contributed by atoms with E-state index in [-0.39, 0.29) is 21.9 Å². The first-order chi connectivity index (χ1) is 9.47. The molecule has 0 saturated carbocycles. The summed E-state index contributed by atoms with van der Waals surface area (Å²) in [7, 11) is 0. The van der Waals surface area contributed by atoms with Gasteiger partial charge in [0.25, 0.3) is 11.4 Å². The Morgan fingerprint density at radius 2 is 1.25 bits per heavy atom. The van der Waals surface area contributed by atoms with E-state index >= 15 is 0 Å². The van der Waals surface area contributed by atoms with Crippen LogP contribution in [-0.4, -0.2) is 9.85 Å². The number of non-ortho nitro benzene ring substituents is 2. The van der Waals surface area contributed by atoms with Crippen LogP contribution in [0.5, 0.6) is 0 Å². The van der Waals surface area contributed by atoms with E-state index in [1.807, 2.05) is 0 Å². The fourth-order valence-electron chi connectivity index (χ4n) is 1.89. The van der Waals surface area contributed by atoms with Crippen molar-refractivity contribution in [2.24, 2.45) is 0 Å². The van der Waals surface area contributed by atoms with Crippen LogP contribution in [-0.2, 0) is 0 Å². The molecule has 0 aliphatic carbocycles. The Morgan fingerprint density at radius 3 is 1.55 bits per heavy atom. The van der Waals surface area contributed by atoms with E-state index in [9.17, 15) is 20.2 Å². The van der Waals surface area contributed by atoms with Crippen LogP contribution in [0.3, 0.4) is 0 Å². The standard InChI is InChI=1S/C12H4N4O4/c13-5-7-1-9-2-8(6-14)4-11(16(19)20)12(9)10(3-7)15(17)18/h1-4H. The average molecular weight is 268 g/mol. The molecule has 0 heterocycles. The molecule has 0 aliphatic rings. The summed E-state index contributed by atoms with van der Waals surface area (Å²) in [5.41, 5.74) is -1.08.